The molecule has 0 aromatic heterocycles. The first-order valence-corrected chi connectivity index (χ1v) is 10.2. The average Bonchev–Trinajstić information content (AvgIpc) is 2.89. The van der Waals surface area contributed by atoms with E-state index in [1.807, 2.05) is 0 Å². The van der Waals surface area contributed by atoms with Crippen LogP contribution in [0.25, 0.3) is 0 Å². The first-order chi connectivity index (χ1) is 15.6. The number of carbonyl (C=O) groups excluding carboxylic acids is 2. The van der Waals surface area contributed by atoms with Crippen molar-refractivity contribution in [1.82, 2.24) is 0 Å². The molecular weight excluding hydrogens is 436 g/mol. The molecule has 3 N–H and O–H groups in total. The van der Waals surface area contributed by atoms with E-state index in [1.165, 1.54) is 19.2 Å². The Morgan fingerprint density at radius 2 is 1.82 bits per heavy atom. The van der Waals surface area contributed by atoms with E-state index in [1.54, 1.807) is 20.8 Å². The van der Waals surface area contributed by atoms with Gasteiger partial charge in [-0.05, 0) is 32.4 Å². The highest BCUT2D eigenvalue weighted by molar-refractivity contribution is 5.99. The lowest BCUT2D eigenvalue weighted by molar-refractivity contribution is -0.152. The first kappa shape index (κ1) is 24.1. The van der Waals surface area contributed by atoms with Crippen LogP contribution in [-0.4, -0.2) is 54.2 Å². The molecule has 0 bridgehead atoms. The number of phenolic OH excluding ortho intramolecular Hbond substituents is 2. The van der Waals surface area contributed by atoms with Gasteiger partial charge in [-0.2, -0.15) is 0 Å². The minimum Gasteiger partial charge on any atom is -0.508 e. The van der Waals surface area contributed by atoms with Crippen LogP contribution in [0.2, 0.25) is 0 Å². The lowest BCUT2D eigenvalue weighted by Crippen LogP contribution is -2.25. The summed E-state index contributed by atoms with van der Waals surface area (Å²) < 4.78 is 27.2. The van der Waals surface area contributed by atoms with Gasteiger partial charge in [0.25, 0.3) is 0 Å². The minimum atomic E-state index is -1.57. The van der Waals surface area contributed by atoms with Gasteiger partial charge in [-0.25, -0.2) is 9.59 Å². The van der Waals surface area contributed by atoms with Crippen molar-refractivity contribution in [1.29, 1.82) is 0 Å². The van der Waals surface area contributed by atoms with E-state index < -0.39 is 24.1 Å². The van der Waals surface area contributed by atoms with E-state index in [-0.39, 0.29) is 64.2 Å². The van der Waals surface area contributed by atoms with Gasteiger partial charge < -0.3 is 39.0 Å². The fourth-order valence-electron chi connectivity index (χ4n) is 3.81. The van der Waals surface area contributed by atoms with Crippen molar-refractivity contribution < 1.29 is 48.6 Å². The maximum atomic E-state index is 13.1. The fraction of sp³-hybridized carbons (Fsp3) is 0.391. The lowest BCUT2D eigenvalue weighted by atomic mass is 9.94. The summed E-state index contributed by atoms with van der Waals surface area (Å²) in [5.74, 6) is -2.16. The predicted molar refractivity (Wildman–Crippen MR) is 114 cm³/mol. The van der Waals surface area contributed by atoms with Crippen LogP contribution >= 0.6 is 0 Å². The van der Waals surface area contributed by atoms with Gasteiger partial charge in [0.05, 0.1) is 25.9 Å². The Morgan fingerprint density at radius 3 is 2.42 bits per heavy atom. The summed E-state index contributed by atoms with van der Waals surface area (Å²) in [4.78, 5) is 25.0. The number of hydrogen-bond donors (Lipinski definition) is 3. The number of carbonyl (C=O) groups is 2. The second-order valence-corrected chi connectivity index (χ2v) is 7.42. The highest BCUT2D eigenvalue weighted by Crippen LogP contribution is 2.52. The highest BCUT2D eigenvalue weighted by atomic mass is 16.6. The predicted octanol–water partition coefficient (Wildman–Crippen LogP) is 3.05. The number of ether oxygens (including phenoxy) is 5. The topological polar surface area (TPSA) is 141 Å². The summed E-state index contributed by atoms with van der Waals surface area (Å²) >= 11 is 0. The number of aromatic hydroxyl groups is 2. The third-order valence-electron chi connectivity index (χ3n) is 5.30. The minimum absolute atomic E-state index is 0.00507. The van der Waals surface area contributed by atoms with Gasteiger partial charge in [0.1, 0.15) is 11.3 Å². The second-order valence-electron chi connectivity index (χ2n) is 7.42. The Balaban J connectivity index is 2.30. The van der Waals surface area contributed by atoms with E-state index in [4.69, 9.17) is 18.9 Å². The molecule has 1 aliphatic heterocycles. The molecule has 2 aromatic rings. The van der Waals surface area contributed by atoms with Gasteiger partial charge in [0.2, 0.25) is 0 Å². The molecule has 3 rings (SSSR count). The van der Waals surface area contributed by atoms with Gasteiger partial charge in [-0.15, -0.1) is 0 Å². The molecular formula is C23H26O10. The maximum Gasteiger partial charge on any atom is 0.347 e. The van der Waals surface area contributed by atoms with Crippen LogP contribution in [0.4, 0.5) is 0 Å². The van der Waals surface area contributed by atoms with Crippen LogP contribution in [0, 0.1) is 13.8 Å². The number of benzene rings is 2. The number of phenols is 2. The second kappa shape index (κ2) is 9.55. The summed E-state index contributed by atoms with van der Waals surface area (Å²) in [6.07, 6.45) is -2.95. The van der Waals surface area contributed by atoms with Crippen LogP contribution in [0.3, 0.4) is 0 Å². The van der Waals surface area contributed by atoms with Gasteiger partial charge in [-0.1, -0.05) is 0 Å². The van der Waals surface area contributed by atoms with E-state index in [0.29, 0.717) is 5.56 Å². The van der Waals surface area contributed by atoms with Gasteiger partial charge in [-0.3, -0.25) is 0 Å². The number of rotatable bonds is 7. The molecule has 2 atom stereocenters. The Kier molecular flexibility index (Phi) is 6.99. The molecule has 1 aliphatic rings. The molecule has 33 heavy (non-hydrogen) atoms. The molecule has 0 saturated carbocycles. The van der Waals surface area contributed by atoms with Gasteiger partial charge in [0.15, 0.2) is 34.9 Å². The van der Waals surface area contributed by atoms with E-state index in [0.717, 1.165) is 7.11 Å². The number of esters is 2. The van der Waals surface area contributed by atoms with Crippen molar-refractivity contribution >= 4 is 11.9 Å². The number of hydrogen-bond acceptors (Lipinski definition) is 10. The molecule has 10 nitrogen and oxygen atoms in total. The van der Waals surface area contributed by atoms with E-state index in [2.05, 4.69) is 4.74 Å². The molecule has 1 heterocycles. The summed E-state index contributed by atoms with van der Waals surface area (Å²) in [6, 6.07) is 2.66. The van der Waals surface area contributed by atoms with Crippen molar-refractivity contribution in [3.8, 4) is 34.5 Å². The van der Waals surface area contributed by atoms with Crippen molar-refractivity contribution in [2.24, 2.45) is 0 Å². The summed E-state index contributed by atoms with van der Waals surface area (Å²) in [7, 11) is 2.45. The molecule has 2 unspecified atom stereocenters. The average molecular weight is 462 g/mol. The summed E-state index contributed by atoms with van der Waals surface area (Å²) in [5, 5.41) is 31.3. The van der Waals surface area contributed by atoms with Crippen LogP contribution in [0.1, 0.15) is 46.5 Å². The molecule has 0 aliphatic carbocycles. The number of aliphatic hydroxyl groups is 1. The number of aliphatic hydroxyl groups excluding tert-OH is 1. The van der Waals surface area contributed by atoms with Crippen LogP contribution in [0.15, 0.2) is 12.1 Å². The SMILES string of the molecule is CCOC(CC(O)C(=O)OC)c1c(O)c(OC)c(C)c2c1Oc1c(C)cc(O)cc1OC2=O. The van der Waals surface area contributed by atoms with Crippen molar-refractivity contribution in [2.45, 2.75) is 39.4 Å². The van der Waals surface area contributed by atoms with Gasteiger partial charge in [0, 0.05) is 24.7 Å². The fourth-order valence-corrected chi connectivity index (χ4v) is 3.81. The first-order valence-electron chi connectivity index (χ1n) is 10.2. The molecule has 0 saturated heterocycles. The van der Waals surface area contributed by atoms with Crippen LogP contribution in [0.5, 0.6) is 34.5 Å². The Hall–Kier alpha value is -3.50. The molecule has 2 aromatic carbocycles. The smallest absolute Gasteiger partial charge is 0.347 e. The number of aryl methyl sites for hydroxylation is 1. The zero-order chi connectivity index (χ0) is 24.4. The van der Waals surface area contributed by atoms with E-state index >= 15 is 0 Å². The standard InChI is InChI=1S/C23H26O10/c1-6-31-14(9-13(25)22(27)30-5)17-18(26)20(29-4)11(3)16-21(17)33-19-10(2)7-12(24)8-15(19)32-23(16)28/h7-8,13-14,24-26H,6,9H2,1-5H3. The maximum absolute atomic E-state index is 13.1. The lowest BCUT2D eigenvalue weighted by Gasteiger charge is -2.25. The Morgan fingerprint density at radius 1 is 1.12 bits per heavy atom. The molecule has 0 fully saturated rings. The third-order valence-corrected chi connectivity index (χ3v) is 5.30. The van der Waals surface area contributed by atoms with Crippen LogP contribution < -0.4 is 14.2 Å². The van der Waals surface area contributed by atoms with Crippen LogP contribution in [-0.2, 0) is 14.3 Å². The Bertz CT molecular complexity index is 1090. The van der Waals surface area contributed by atoms with Crippen molar-refractivity contribution in [3.63, 3.8) is 0 Å². The largest absolute Gasteiger partial charge is 0.508 e. The van der Waals surface area contributed by atoms with E-state index in [9.17, 15) is 24.9 Å². The molecule has 0 radical (unpaired) electrons. The molecule has 0 spiro atoms. The molecule has 178 valence electrons. The zero-order valence-electron chi connectivity index (χ0n) is 18.9. The monoisotopic (exact) mass is 462 g/mol. The summed E-state index contributed by atoms with van der Waals surface area (Å²) in [5.41, 5.74) is 0.672. The van der Waals surface area contributed by atoms with Gasteiger partial charge >= 0.3 is 11.9 Å². The zero-order valence-corrected chi connectivity index (χ0v) is 18.9. The normalized spacial score (nSPS) is 14.2. The number of methoxy groups -OCH3 is 2. The summed E-state index contributed by atoms with van der Waals surface area (Å²) in [6.45, 7) is 5.03. The van der Waals surface area contributed by atoms with Crippen molar-refractivity contribution in [3.05, 3.63) is 34.4 Å². The van der Waals surface area contributed by atoms with Crippen molar-refractivity contribution in [2.75, 3.05) is 20.8 Å². The molecule has 0 amide bonds. The quantitative estimate of drug-likeness (QED) is 0.415. The molecule has 10 heteroatoms. The Labute approximate surface area is 190 Å². The number of fused-ring (bicyclic) bond motifs is 2. The third kappa shape index (κ3) is 4.39. The highest BCUT2D eigenvalue weighted by Gasteiger charge is 2.37.